The number of hydrogen-bond donors (Lipinski definition) is 1. The van der Waals surface area contributed by atoms with E-state index in [4.69, 9.17) is 17.3 Å². The number of nitrogen functional groups attached to an aromatic ring is 1. The summed E-state index contributed by atoms with van der Waals surface area (Å²) in [7, 11) is 1.90. The average Bonchev–Trinajstić information content (AvgIpc) is 2.35. The van der Waals surface area contributed by atoms with Gasteiger partial charge in [0.05, 0.1) is 6.54 Å². The maximum atomic E-state index is 12.0. The van der Waals surface area contributed by atoms with Crippen LogP contribution in [0.5, 0.6) is 0 Å². The van der Waals surface area contributed by atoms with Crippen LogP contribution in [0.2, 0.25) is 5.02 Å². The summed E-state index contributed by atoms with van der Waals surface area (Å²) in [5, 5.41) is 0.677. The van der Waals surface area contributed by atoms with Crippen molar-refractivity contribution in [3.05, 3.63) is 28.8 Å². The number of amides is 1. The molecule has 19 heavy (non-hydrogen) atoms. The molecule has 1 rings (SSSR count). The van der Waals surface area contributed by atoms with Gasteiger partial charge in [-0.1, -0.05) is 11.6 Å². The van der Waals surface area contributed by atoms with E-state index in [2.05, 4.69) is 0 Å². The second-order valence-corrected chi connectivity index (χ2v) is 5.00. The van der Waals surface area contributed by atoms with Gasteiger partial charge in [-0.15, -0.1) is 0 Å². The van der Waals surface area contributed by atoms with Crippen molar-refractivity contribution >= 4 is 23.2 Å². The zero-order valence-electron chi connectivity index (χ0n) is 11.8. The summed E-state index contributed by atoms with van der Waals surface area (Å²) in [6, 6.07) is 5.40. The van der Waals surface area contributed by atoms with E-state index in [1.165, 1.54) is 0 Å². The normalized spacial score (nSPS) is 10.8. The molecule has 106 valence electrons. The van der Waals surface area contributed by atoms with Gasteiger partial charge in [0.25, 0.3) is 0 Å². The van der Waals surface area contributed by atoms with Crippen LogP contribution in [0, 0.1) is 0 Å². The Bertz CT molecular complexity index is 433. The molecular formula is C14H22ClN3O. The highest BCUT2D eigenvalue weighted by atomic mass is 35.5. The van der Waals surface area contributed by atoms with E-state index < -0.39 is 0 Å². The molecule has 0 saturated carbocycles. The van der Waals surface area contributed by atoms with Crippen molar-refractivity contribution in [2.24, 2.45) is 0 Å². The summed E-state index contributed by atoms with van der Waals surface area (Å²) in [6.07, 6.45) is 0. The van der Waals surface area contributed by atoms with Crippen LogP contribution in [0.3, 0.4) is 0 Å². The monoisotopic (exact) mass is 283 g/mol. The van der Waals surface area contributed by atoms with Crippen LogP contribution in [0.25, 0.3) is 0 Å². The van der Waals surface area contributed by atoms with Crippen molar-refractivity contribution in [1.29, 1.82) is 0 Å². The number of nitrogens with two attached hydrogens (primary N) is 1. The van der Waals surface area contributed by atoms with Crippen LogP contribution < -0.4 is 5.73 Å². The van der Waals surface area contributed by atoms with Crippen molar-refractivity contribution in [3.8, 4) is 0 Å². The minimum absolute atomic E-state index is 0.132. The fourth-order valence-corrected chi connectivity index (χ4v) is 2.15. The van der Waals surface area contributed by atoms with Crippen molar-refractivity contribution in [2.75, 3.05) is 32.4 Å². The molecule has 2 N–H and O–H groups in total. The Hall–Kier alpha value is -1.26. The van der Waals surface area contributed by atoms with E-state index in [0.717, 1.165) is 18.7 Å². The van der Waals surface area contributed by atoms with Crippen LogP contribution in [0.4, 0.5) is 5.69 Å². The van der Waals surface area contributed by atoms with E-state index in [1.807, 2.05) is 36.8 Å². The SMILES string of the molecule is CCN(CC)C(=O)CN(C)Cc1cc(N)ccc1Cl. The number of likely N-dealkylation sites (N-methyl/N-ethyl adjacent to an activating group) is 2. The minimum Gasteiger partial charge on any atom is -0.399 e. The molecule has 0 unspecified atom stereocenters. The third-order valence-corrected chi connectivity index (χ3v) is 3.40. The molecule has 0 fully saturated rings. The molecular weight excluding hydrogens is 262 g/mol. The van der Waals surface area contributed by atoms with Gasteiger partial charge in [0.1, 0.15) is 0 Å². The Morgan fingerprint density at radius 1 is 1.32 bits per heavy atom. The number of carbonyl (C=O) groups is 1. The fraction of sp³-hybridized carbons (Fsp3) is 0.500. The zero-order valence-corrected chi connectivity index (χ0v) is 12.6. The van der Waals surface area contributed by atoms with Gasteiger partial charge in [0.2, 0.25) is 5.91 Å². The lowest BCUT2D eigenvalue weighted by Crippen LogP contribution is -2.38. The van der Waals surface area contributed by atoms with Gasteiger partial charge in [0, 0.05) is 30.3 Å². The Morgan fingerprint density at radius 3 is 2.53 bits per heavy atom. The molecule has 0 saturated heterocycles. The van der Waals surface area contributed by atoms with Crippen LogP contribution in [-0.2, 0) is 11.3 Å². The first-order valence-corrected chi connectivity index (χ1v) is 6.85. The van der Waals surface area contributed by atoms with Gasteiger partial charge >= 0.3 is 0 Å². The topological polar surface area (TPSA) is 49.6 Å². The highest BCUT2D eigenvalue weighted by Gasteiger charge is 2.13. The second kappa shape index (κ2) is 7.36. The molecule has 0 spiro atoms. The van der Waals surface area contributed by atoms with E-state index in [1.54, 1.807) is 12.1 Å². The molecule has 0 aliphatic rings. The number of nitrogens with zero attached hydrogens (tertiary/aromatic N) is 2. The first-order chi connectivity index (χ1) is 8.97. The van der Waals surface area contributed by atoms with E-state index in [9.17, 15) is 4.79 Å². The third kappa shape index (κ3) is 4.73. The van der Waals surface area contributed by atoms with E-state index >= 15 is 0 Å². The molecule has 0 aliphatic carbocycles. The summed E-state index contributed by atoms with van der Waals surface area (Å²) in [6.45, 7) is 6.43. The smallest absolute Gasteiger partial charge is 0.236 e. The van der Waals surface area contributed by atoms with Gasteiger partial charge in [-0.05, 0) is 44.7 Å². The van der Waals surface area contributed by atoms with Crippen LogP contribution in [0.1, 0.15) is 19.4 Å². The Kier molecular flexibility index (Phi) is 6.12. The number of carbonyl (C=O) groups excluding carboxylic acids is 1. The molecule has 4 nitrogen and oxygen atoms in total. The number of anilines is 1. The molecule has 5 heteroatoms. The van der Waals surface area contributed by atoms with Crippen molar-refractivity contribution in [1.82, 2.24) is 9.80 Å². The van der Waals surface area contributed by atoms with Crippen molar-refractivity contribution in [3.63, 3.8) is 0 Å². The summed E-state index contributed by atoms with van der Waals surface area (Å²) >= 11 is 6.12. The average molecular weight is 284 g/mol. The highest BCUT2D eigenvalue weighted by molar-refractivity contribution is 6.31. The van der Waals surface area contributed by atoms with Crippen LogP contribution >= 0.6 is 11.6 Å². The molecule has 0 heterocycles. The summed E-state index contributed by atoms with van der Waals surface area (Å²) in [5.41, 5.74) is 7.37. The molecule has 1 amide bonds. The second-order valence-electron chi connectivity index (χ2n) is 4.59. The Morgan fingerprint density at radius 2 is 1.95 bits per heavy atom. The lowest BCUT2D eigenvalue weighted by Gasteiger charge is -2.23. The minimum atomic E-state index is 0.132. The van der Waals surface area contributed by atoms with E-state index in [-0.39, 0.29) is 5.91 Å². The van der Waals surface area contributed by atoms with E-state index in [0.29, 0.717) is 23.8 Å². The maximum absolute atomic E-state index is 12.0. The Balaban J connectivity index is 2.62. The molecule has 0 atom stereocenters. The van der Waals surface area contributed by atoms with Gasteiger partial charge in [-0.2, -0.15) is 0 Å². The van der Waals surface area contributed by atoms with Crippen LogP contribution in [-0.4, -0.2) is 42.4 Å². The highest BCUT2D eigenvalue weighted by Crippen LogP contribution is 2.20. The van der Waals surface area contributed by atoms with Gasteiger partial charge in [-0.25, -0.2) is 0 Å². The number of hydrogen-bond acceptors (Lipinski definition) is 3. The number of halogens is 1. The van der Waals surface area contributed by atoms with Gasteiger partial charge in [0.15, 0.2) is 0 Å². The van der Waals surface area contributed by atoms with Crippen molar-refractivity contribution in [2.45, 2.75) is 20.4 Å². The maximum Gasteiger partial charge on any atom is 0.236 e. The molecule has 0 radical (unpaired) electrons. The zero-order chi connectivity index (χ0) is 14.4. The molecule has 0 bridgehead atoms. The number of rotatable bonds is 6. The summed E-state index contributed by atoms with van der Waals surface area (Å²) in [5.74, 6) is 0.132. The fourth-order valence-electron chi connectivity index (χ4n) is 1.97. The molecule has 1 aromatic rings. The lowest BCUT2D eigenvalue weighted by atomic mass is 10.2. The summed E-state index contributed by atoms with van der Waals surface area (Å²) in [4.78, 5) is 15.7. The molecule has 0 aliphatic heterocycles. The van der Waals surface area contributed by atoms with Crippen LogP contribution in [0.15, 0.2) is 18.2 Å². The quantitative estimate of drug-likeness (QED) is 0.815. The Labute approximate surface area is 120 Å². The predicted molar refractivity (Wildman–Crippen MR) is 80.1 cm³/mol. The van der Waals surface area contributed by atoms with Gasteiger partial charge < -0.3 is 10.6 Å². The standard InChI is InChI=1S/C14H22ClN3O/c1-4-18(5-2)14(19)10-17(3)9-11-8-12(16)6-7-13(11)15/h6-8H,4-5,9-10,16H2,1-3H3. The summed E-state index contributed by atoms with van der Waals surface area (Å²) < 4.78 is 0. The first kappa shape index (κ1) is 15.8. The lowest BCUT2D eigenvalue weighted by molar-refractivity contribution is -0.131. The largest absolute Gasteiger partial charge is 0.399 e. The van der Waals surface area contributed by atoms with Gasteiger partial charge in [-0.3, -0.25) is 9.69 Å². The van der Waals surface area contributed by atoms with Crippen molar-refractivity contribution < 1.29 is 4.79 Å². The molecule has 0 aromatic heterocycles. The molecule has 1 aromatic carbocycles. The number of benzene rings is 1. The third-order valence-electron chi connectivity index (χ3n) is 3.03. The first-order valence-electron chi connectivity index (χ1n) is 6.48. The predicted octanol–water partition coefficient (Wildman–Crippen LogP) is 2.22.